The van der Waals surface area contributed by atoms with Crippen molar-refractivity contribution in [2.45, 2.75) is 26.3 Å². The Morgan fingerprint density at radius 3 is 3.05 bits per heavy atom. The molecule has 0 aromatic carbocycles. The molecule has 19 heavy (non-hydrogen) atoms. The molecule has 5 nitrogen and oxygen atoms in total. The van der Waals surface area contributed by atoms with Gasteiger partial charge in [-0.05, 0) is 25.0 Å². The van der Waals surface area contributed by atoms with Crippen LogP contribution in [0.15, 0.2) is 24.5 Å². The van der Waals surface area contributed by atoms with Crippen molar-refractivity contribution in [1.82, 2.24) is 9.55 Å². The molecule has 0 aliphatic rings. The zero-order valence-electron chi connectivity index (χ0n) is 10.8. The second kappa shape index (κ2) is 6.13. The predicted molar refractivity (Wildman–Crippen MR) is 71.0 cm³/mol. The highest BCUT2D eigenvalue weighted by Gasteiger charge is 2.07. The molecule has 2 heterocycles. The number of nitrogens with zero attached hydrogens (tertiary/aromatic N) is 2. The lowest BCUT2D eigenvalue weighted by Gasteiger charge is -2.04. The highest BCUT2D eigenvalue weighted by Crippen LogP contribution is 2.18. The summed E-state index contributed by atoms with van der Waals surface area (Å²) >= 11 is 0. The van der Waals surface area contributed by atoms with Crippen LogP contribution >= 0.6 is 0 Å². The molecule has 0 unspecified atom stereocenters. The average Bonchev–Trinajstić information content (AvgIpc) is 2.76. The summed E-state index contributed by atoms with van der Waals surface area (Å²) in [6.45, 7) is 2.59. The van der Waals surface area contributed by atoms with E-state index >= 15 is 0 Å². The Morgan fingerprint density at radius 1 is 1.47 bits per heavy atom. The van der Waals surface area contributed by atoms with Crippen molar-refractivity contribution in [1.29, 1.82) is 0 Å². The molecule has 0 saturated carbocycles. The van der Waals surface area contributed by atoms with Gasteiger partial charge in [0, 0.05) is 36.8 Å². The predicted octanol–water partition coefficient (Wildman–Crippen LogP) is 2.19. The molecular formula is C14H16N2O3. The Bertz CT molecular complexity index is 589. The van der Waals surface area contributed by atoms with Crippen molar-refractivity contribution < 1.29 is 14.3 Å². The number of rotatable bonds is 6. The average molecular weight is 260 g/mol. The van der Waals surface area contributed by atoms with Crippen LogP contribution < -0.4 is 0 Å². The highest BCUT2D eigenvalue weighted by atomic mass is 16.5. The minimum atomic E-state index is -0.253. The van der Waals surface area contributed by atoms with Crippen LogP contribution in [0.25, 0.3) is 11.0 Å². The highest BCUT2D eigenvalue weighted by molar-refractivity contribution is 5.95. The number of aryl methyl sites for hydroxylation is 1. The maximum atomic E-state index is 11.0. The number of aldehydes is 1. The molecule has 0 aliphatic heterocycles. The number of carbonyl (C=O) groups is 2. The summed E-state index contributed by atoms with van der Waals surface area (Å²) in [5, 5.41) is 0.873. The number of fused-ring (bicyclic) bond motifs is 1. The first-order valence-electron chi connectivity index (χ1n) is 6.25. The summed E-state index contributed by atoms with van der Waals surface area (Å²) in [6, 6.07) is 3.71. The molecule has 0 radical (unpaired) electrons. The van der Waals surface area contributed by atoms with Crippen LogP contribution in [0.5, 0.6) is 0 Å². The van der Waals surface area contributed by atoms with Gasteiger partial charge in [-0.15, -0.1) is 0 Å². The van der Waals surface area contributed by atoms with E-state index in [4.69, 9.17) is 4.74 Å². The Morgan fingerprint density at radius 2 is 2.32 bits per heavy atom. The van der Waals surface area contributed by atoms with Crippen LogP contribution in [0.3, 0.4) is 0 Å². The second-order valence-electron chi connectivity index (χ2n) is 4.32. The van der Waals surface area contributed by atoms with Gasteiger partial charge in [0.1, 0.15) is 5.65 Å². The molecule has 0 bridgehead atoms. The molecular weight excluding hydrogens is 244 g/mol. The van der Waals surface area contributed by atoms with Gasteiger partial charge < -0.3 is 9.30 Å². The van der Waals surface area contributed by atoms with Crippen LogP contribution in [-0.4, -0.2) is 28.4 Å². The zero-order valence-corrected chi connectivity index (χ0v) is 10.8. The number of hydrogen-bond donors (Lipinski definition) is 0. The normalized spacial score (nSPS) is 10.6. The van der Waals surface area contributed by atoms with Crippen LogP contribution in [-0.2, 0) is 16.1 Å². The first-order valence-corrected chi connectivity index (χ1v) is 6.25. The Kier molecular flexibility index (Phi) is 4.28. The third kappa shape index (κ3) is 3.19. The Balaban J connectivity index is 2.00. The number of unbranched alkanes of at least 4 members (excludes halogenated alkanes) is 1. The largest absolute Gasteiger partial charge is 0.466 e. The maximum absolute atomic E-state index is 11.0. The molecule has 100 valence electrons. The van der Waals surface area contributed by atoms with E-state index in [0.717, 1.165) is 36.7 Å². The van der Waals surface area contributed by atoms with Crippen molar-refractivity contribution in [2.24, 2.45) is 0 Å². The molecule has 0 aliphatic carbocycles. The van der Waals surface area contributed by atoms with E-state index in [0.29, 0.717) is 12.2 Å². The molecule has 5 heteroatoms. The summed E-state index contributed by atoms with van der Waals surface area (Å²) in [5.74, 6) is -0.253. The molecule has 2 aromatic rings. The smallest absolute Gasteiger partial charge is 0.302 e. The fourth-order valence-electron chi connectivity index (χ4n) is 2.01. The fourth-order valence-corrected chi connectivity index (χ4v) is 2.01. The van der Waals surface area contributed by atoms with Gasteiger partial charge in [-0.3, -0.25) is 9.59 Å². The Hall–Kier alpha value is -2.17. The molecule has 2 aromatic heterocycles. The van der Waals surface area contributed by atoms with Gasteiger partial charge in [0.25, 0.3) is 0 Å². The molecule has 0 amide bonds. The lowest BCUT2D eigenvalue weighted by Crippen LogP contribution is -2.03. The summed E-state index contributed by atoms with van der Waals surface area (Å²) in [5.41, 5.74) is 1.47. The Labute approximate surface area is 111 Å². The lowest BCUT2D eigenvalue weighted by atomic mass is 10.2. The van der Waals surface area contributed by atoms with Crippen molar-refractivity contribution >= 4 is 23.3 Å². The molecule has 0 spiro atoms. The van der Waals surface area contributed by atoms with Crippen molar-refractivity contribution in [3.63, 3.8) is 0 Å². The molecule has 0 atom stereocenters. The topological polar surface area (TPSA) is 61.2 Å². The van der Waals surface area contributed by atoms with Gasteiger partial charge in [0.05, 0.1) is 6.61 Å². The van der Waals surface area contributed by atoms with Crippen LogP contribution in [0.2, 0.25) is 0 Å². The number of pyridine rings is 1. The fraction of sp³-hybridized carbons (Fsp3) is 0.357. The van der Waals surface area contributed by atoms with E-state index in [1.165, 1.54) is 6.92 Å². The SMILES string of the molecule is CC(=O)OCCCCn1cc(C=O)c2cccnc21. The summed E-state index contributed by atoms with van der Waals surface area (Å²) in [6.07, 6.45) is 6.04. The first-order chi connectivity index (χ1) is 9.22. The first kappa shape index (κ1) is 13.3. The number of ether oxygens (including phenoxy) is 1. The van der Waals surface area contributed by atoms with Gasteiger partial charge >= 0.3 is 5.97 Å². The minimum absolute atomic E-state index is 0.253. The van der Waals surface area contributed by atoms with Crippen molar-refractivity contribution in [3.05, 3.63) is 30.1 Å². The van der Waals surface area contributed by atoms with E-state index in [1.54, 1.807) is 6.20 Å². The van der Waals surface area contributed by atoms with Gasteiger partial charge in [-0.2, -0.15) is 0 Å². The molecule has 0 N–H and O–H groups in total. The van der Waals surface area contributed by atoms with E-state index < -0.39 is 0 Å². The number of esters is 1. The van der Waals surface area contributed by atoms with E-state index in [2.05, 4.69) is 4.98 Å². The summed E-state index contributed by atoms with van der Waals surface area (Å²) < 4.78 is 6.84. The maximum Gasteiger partial charge on any atom is 0.302 e. The third-order valence-electron chi connectivity index (χ3n) is 2.89. The van der Waals surface area contributed by atoms with Crippen LogP contribution in [0.1, 0.15) is 30.1 Å². The second-order valence-corrected chi connectivity index (χ2v) is 4.32. The standard InChI is InChI=1S/C14H16N2O3/c1-11(18)19-8-3-2-7-16-9-12(10-17)13-5-4-6-15-14(13)16/h4-6,9-10H,2-3,7-8H2,1H3. The quantitative estimate of drug-likeness (QED) is 0.454. The summed E-state index contributed by atoms with van der Waals surface area (Å²) in [7, 11) is 0. The van der Waals surface area contributed by atoms with E-state index in [1.807, 2.05) is 22.9 Å². The third-order valence-corrected chi connectivity index (χ3v) is 2.89. The lowest BCUT2D eigenvalue weighted by molar-refractivity contribution is -0.141. The van der Waals surface area contributed by atoms with Crippen molar-refractivity contribution in [2.75, 3.05) is 6.61 Å². The zero-order chi connectivity index (χ0) is 13.7. The molecule has 0 fully saturated rings. The number of carbonyl (C=O) groups excluding carboxylic acids is 2. The number of aromatic nitrogens is 2. The van der Waals surface area contributed by atoms with Crippen LogP contribution in [0.4, 0.5) is 0 Å². The minimum Gasteiger partial charge on any atom is -0.466 e. The van der Waals surface area contributed by atoms with Crippen LogP contribution in [0, 0.1) is 0 Å². The monoisotopic (exact) mass is 260 g/mol. The van der Waals surface area contributed by atoms with Gasteiger partial charge in [0.2, 0.25) is 0 Å². The number of hydrogen-bond acceptors (Lipinski definition) is 4. The van der Waals surface area contributed by atoms with Gasteiger partial charge in [-0.25, -0.2) is 4.98 Å². The van der Waals surface area contributed by atoms with E-state index in [-0.39, 0.29) is 5.97 Å². The van der Waals surface area contributed by atoms with Gasteiger partial charge in [0.15, 0.2) is 6.29 Å². The molecule has 2 rings (SSSR count). The van der Waals surface area contributed by atoms with E-state index in [9.17, 15) is 9.59 Å². The van der Waals surface area contributed by atoms with Crippen molar-refractivity contribution in [3.8, 4) is 0 Å². The van der Waals surface area contributed by atoms with Gasteiger partial charge in [-0.1, -0.05) is 0 Å². The summed E-state index contributed by atoms with van der Waals surface area (Å²) in [4.78, 5) is 25.9. The molecule has 0 saturated heterocycles.